The lowest BCUT2D eigenvalue weighted by Gasteiger charge is -2.34. The minimum atomic E-state index is -0.488. The van der Waals surface area contributed by atoms with Gasteiger partial charge in [0.2, 0.25) is 0 Å². The third-order valence-electron chi connectivity index (χ3n) is 5.41. The van der Waals surface area contributed by atoms with Crippen molar-refractivity contribution in [3.63, 3.8) is 0 Å². The van der Waals surface area contributed by atoms with E-state index >= 15 is 0 Å². The predicted molar refractivity (Wildman–Crippen MR) is 127 cm³/mol. The van der Waals surface area contributed by atoms with E-state index in [-0.39, 0.29) is 12.1 Å². The zero-order valence-corrected chi connectivity index (χ0v) is 19.8. The lowest BCUT2D eigenvalue weighted by Crippen LogP contribution is -2.42. The highest BCUT2D eigenvalue weighted by molar-refractivity contribution is 7.98. The molecule has 0 atom stereocenters. The number of aromatic nitrogens is 4. The maximum Gasteiger partial charge on any atom is 0.410 e. The summed E-state index contributed by atoms with van der Waals surface area (Å²) in [5, 5.41) is 0.731. The highest BCUT2D eigenvalue weighted by Crippen LogP contribution is 2.35. The van der Waals surface area contributed by atoms with Crippen LogP contribution in [0.5, 0.6) is 0 Å². The molecule has 0 aliphatic carbocycles. The Hall–Kier alpha value is -2.87. The summed E-state index contributed by atoms with van der Waals surface area (Å²) in [6, 6.07) is 12.3. The van der Waals surface area contributed by atoms with Crippen LogP contribution >= 0.6 is 11.8 Å². The molecule has 1 amide bonds. The van der Waals surface area contributed by atoms with Crippen molar-refractivity contribution in [2.45, 2.75) is 50.4 Å². The molecular formula is C24H29N5O2S. The Morgan fingerprint density at radius 1 is 1.09 bits per heavy atom. The number of hydrogen-bond acceptors (Lipinski definition) is 6. The van der Waals surface area contributed by atoms with Crippen LogP contribution in [0.25, 0.3) is 22.6 Å². The van der Waals surface area contributed by atoms with E-state index in [9.17, 15) is 4.79 Å². The summed E-state index contributed by atoms with van der Waals surface area (Å²) in [5.74, 6) is 0. The van der Waals surface area contributed by atoms with E-state index in [1.807, 2.05) is 57.6 Å². The van der Waals surface area contributed by atoms with Gasteiger partial charge in [0.05, 0.1) is 23.4 Å². The zero-order chi connectivity index (χ0) is 22.7. The highest BCUT2D eigenvalue weighted by atomic mass is 32.2. The van der Waals surface area contributed by atoms with Gasteiger partial charge in [-0.05, 0) is 45.9 Å². The molecule has 0 spiro atoms. The summed E-state index contributed by atoms with van der Waals surface area (Å²) < 4.78 is 7.77. The molecule has 32 heavy (non-hydrogen) atoms. The van der Waals surface area contributed by atoms with Crippen molar-refractivity contribution in [1.29, 1.82) is 0 Å². The van der Waals surface area contributed by atoms with Crippen molar-refractivity contribution in [3.05, 3.63) is 48.9 Å². The van der Waals surface area contributed by atoms with E-state index in [0.717, 1.165) is 40.6 Å². The molecule has 2 aromatic heterocycles. The fourth-order valence-electron chi connectivity index (χ4n) is 3.92. The third-order valence-corrected chi connectivity index (χ3v) is 5.97. The first-order chi connectivity index (χ1) is 15.4. The summed E-state index contributed by atoms with van der Waals surface area (Å²) in [7, 11) is 0. The molecular weight excluding hydrogens is 422 g/mol. The van der Waals surface area contributed by atoms with Crippen LogP contribution < -0.4 is 0 Å². The van der Waals surface area contributed by atoms with E-state index in [0.29, 0.717) is 13.1 Å². The standard InChI is InChI=1S/C24H29N5O2S/c1-24(2,3)31-23(30)28-14-11-18(12-15-28)29-16-26-20(17-8-6-5-7-9-17)21(29)19-10-13-25-22(27-19)32-4/h5-10,13,16,18H,11-12,14-15H2,1-4H3. The van der Waals surface area contributed by atoms with Crippen molar-refractivity contribution in [3.8, 4) is 22.6 Å². The Bertz CT molecular complexity index is 1070. The molecule has 1 fully saturated rings. The molecule has 7 nitrogen and oxygen atoms in total. The van der Waals surface area contributed by atoms with Crippen molar-refractivity contribution < 1.29 is 9.53 Å². The second kappa shape index (κ2) is 9.32. The second-order valence-electron chi connectivity index (χ2n) is 8.84. The molecule has 3 aromatic rings. The number of benzene rings is 1. The van der Waals surface area contributed by atoms with Crippen LogP contribution in [0.1, 0.15) is 39.7 Å². The van der Waals surface area contributed by atoms with Crippen LogP contribution in [0.2, 0.25) is 0 Å². The molecule has 4 rings (SSSR count). The number of nitrogens with zero attached hydrogens (tertiary/aromatic N) is 5. The van der Waals surface area contributed by atoms with Crippen LogP contribution in [0.15, 0.2) is 54.1 Å². The predicted octanol–water partition coefficient (Wildman–Crippen LogP) is 5.30. The normalized spacial score (nSPS) is 15.1. The minimum absolute atomic E-state index is 0.223. The van der Waals surface area contributed by atoms with Crippen molar-refractivity contribution in [2.24, 2.45) is 0 Å². The van der Waals surface area contributed by atoms with Gasteiger partial charge < -0.3 is 14.2 Å². The number of hydrogen-bond donors (Lipinski definition) is 0. The minimum Gasteiger partial charge on any atom is -0.444 e. The third kappa shape index (κ3) is 4.96. The summed E-state index contributed by atoms with van der Waals surface area (Å²) >= 11 is 1.52. The maximum atomic E-state index is 12.5. The van der Waals surface area contributed by atoms with E-state index < -0.39 is 5.60 Å². The van der Waals surface area contributed by atoms with Gasteiger partial charge in [-0.15, -0.1) is 0 Å². The quantitative estimate of drug-likeness (QED) is 0.396. The van der Waals surface area contributed by atoms with Gasteiger partial charge in [0, 0.05) is 30.9 Å². The van der Waals surface area contributed by atoms with Gasteiger partial charge in [0.15, 0.2) is 5.16 Å². The van der Waals surface area contributed by atoms with Crippen molar-refractivity contribution in [2.75, 3.05) is 19.3 Å². The van der Waals surface area contributed by atoms with Gasteiger partial charge in [-0.2, -0.15) is 0 Å². The first-order valence-electron chi connectivity index (χ1n) is 10.8. The second-order valence-corrected chi connectivity index (χ2v) is 9.62. The first kappa shape index (κ1) is 22.3. The smallest absolute Gasteiger partial charge is 0.410 e. The molecule has 0 unspecified atom stereocenters. The van der Waals surface area contributed by atoms with Crippen LogP contribution in [0.3, 0.4) is 0 Å². The zero-order valence-electron chi connectivity index (χ0n) is 19.0. The SMILES string of the molecule is CSc1nccc(-c2c(-c3ccccc3)ncn2C2CCN(C(=O)OC(C)(C)C)CC2)n1. The number of likely N-dealkylation sites (tertiary alicyclic amines) is 1. The van der Waals surface area contributed by atoms with Crippen molar-refractivity contribution >= 4 is 17.9 Å². The van der Waals surface area contributed by atoms with E-state index in [4.69, 9.17) is 14.7 Å². The first-order valence-corrected chi connectivity index (χ1v) is 12.1. The van der Waals surface area contributed by atoms with Gasteiger partial charge in [-0.3, -0.25) is 0 Å². The van der Waals surface area contributed by atoms with E-state index in [2.05, 4.69) is 21.7 Å². The number of carbonyl (C=O) groups excluding carboxylic acids is 1. The average Bonchev–Trinajstić information content (AvgIpc) is 3.24. The molecule has 3 heterocycles. The number of ether oxygens (including phenoxy) is 1. The molecule has 1 aliphatic rings. The molecule has 0 saturated carbocycles. The van der Waals surface area contributed by atoms with Gasteiger partial charge >= 0.3 is 6.09 Å². The monoisotopic (exact) mass is 451 g/mol. The van der Waals surface area contributed by atoms with Crippen LogP contribution in [-0.4, -0.2) is 55.5 Å². The van der Waals surface area contributed by atoms with E-state index in [1.165, 1.54) is 11.8 Å². The number of piperidine rings is 1. The topological polar surface area (TPSA) is 73.1 Å². The molecule has 0 radical (unpaired) electrons. The Kier molecular flexibility index (Phi) is 6.50. The van der Waals surface area contributed by atoms with Crippen molar-refractivity contribution in [1.82, 2.24) is 24.4 Å². The Morgan fingerprint density at radius 2 is 1.81 bits per heavy atom. The molecule has 0 N–H and O–H groups in total. The summed E-state index contributed by atoms with van der Waals surface area (Å²) in [6.07, 6.45) is 7.10. The molecule has 168 valence electrons. The molecule has 8 heteroatoms. The van der Waals surface area contributed by atoms with Gasteiger partial charge in [0.1, 0.15) is 5.60 Å². The van der Waals surface area contributed by atoms with E-state index in [1.54, 1.807) is 11.1 Å². The Balaban J connectivity index is 1.64. The fraction of sp³-hybridized carbons (Fsp3) is 0.417. The Morgan fingerprint density at radius 3 is 2.47 bits per heavy atom. The maximum absolute atomic E-state index is 12.5. The molecule has 1 saturated heterocycles. The highest BCUT2D eigenvalue weighted by Gasteiger charge is 2.29. The Labute approximate surface area is 193 Å². The largest absolute Gasteiger partial charge is 0.444 e. The van der Waals surface area contributed by atoms with Crippen LogP contribution in [0.4, 0.5) is 4.79 Å². The number of amides is 1. The number of thioether (sulfide) groups is 1. The number of carbonyl (C=O) groups is 1. The summed E-state index contributed by atoms with van der Waals surface area (Å²) in [4.78, 5) is 28.2. The lowest BCUT2D eigenvalue weighted by atomic mass is 10.0. The van der Waals surface area contributed by atoms with Gasteiger partial charge in [-0.1, -0.05) is 42.1 Å². The average molecular weight is 452 g/mol. The fourth-order valence-corrected chi connectivity index (χ4v) is 4.28. The molecule has 1 aromatic carbocycles. The summed E-state index contributed by atoms with van der Waals surface area (Å²) in [6.45, 7) is 6.98. The number of imidazole rings is 1. The lowest BCUT2D eigenvalue weighted by molar-refractivity contribution is 0.0189. The molecule has 0 bridgehead atoms. The van der Waals surface area contributed by atoms with Gasteiger partial charge in [0.25, 0.3) is 0 Å². The van der Waals surface area contributed by atoms with Crippen LogP contribution in [0, 0.1) is 0 Å². The summed E-state index contributed by atoms with van der Waals surface area (Å²) in [5.41, 5.74) is 3.32. The van der Waals surface area contributed by atoms with Crippen LogP contribution in [-0.2, 0) is 4.74 Å². The number of rotatable bonds is 4. The van der Waals surface area contributed by atoms with Gasteiger partial charge in [-0.25, -0.2) is 19.7 Å². The molecule has 1 aliphatic heterocycles.